The number of rotatable bonds is 10. The van der Waals surface area contributed by atoms with Gasteiger partial charge in [0.2, 0.25) is 5.91 Å². The Kier molecular flexibility index (Phi) is 9.26. The van der Waals surface area contributed by atoms with Crippen LogP contribution in [0.15, 0.2) is 63.8 Å². The molecule has 0 aliphatic heterocycles. The Balaban J connectivity index is 1.76. The lowest BCUT2D eigenvalue weighted by Crippen LogP contribution is -2.54. The molecule has 0 saturated heterocycles. The molecule has 2 N–H and O–H groups in total. The summed E-state index contributed by atoms with van der Waals surface area (Å²) in [5.41, 5.74) is 0.931. The molecule has 0 radical (unpaired) electrons. The van der Waals surface area contributed by atoms with E-state index >= 15 is 0 Å². The number of fused-ring (bicyclic) bond motifs is 1. The fourth-order valence-electron chi connectivity index (χ4n) is 3.75. The van der Waals surface area contributed by atoms with Crippen LogP contribution in [0.4, 0.5) is 4.79 Å². The number of alkyl carbamates (subject to hydrolysis) is 1. The van der Waals surface area contributed by atoms with Crippen LogP contribution in [0.3, 0.4) is 0 Å². The van der Waals surface area contributed by atoms with Crippen LogP contribution in [-0.2, 0) is 32.1 Å². The maximum absolute atomic E-state index is 13.1. The third kappa shape index (κ3) is 7.33. The fraction of sp³-hybridized carbons (Fsp3) is 0.333. The predicted molar refractivity (Wildman–Crippen MR) is 135 cm³/mol. The highest BCUT2D eigenvalue weighted by molar-refractivity contribution is 5.90. The molecule has 0 saturated carbocycles. The van der Waals surface area contributed by atoms with Gasteiger partial charge in [-0.05, 0) is 29.2 Å². The van der Waals surface area contributed by atoms with E-state index in [2.05, 4.69) is 10.6 Å². The summed E-state index contributed by atoms with van der Waals surface area (Å²) in [4.78, 5) is 50.3. The first-order chi connectivity index (χ1) is 17.7. The van der Waals surface area contributed by atoms with Gasteiger partial charge < -0.3 is 29.3 Å². The van der Waals surface area contributed by atoms with Crippen molar-refractivity contribution in [2.24, 2.45) is 5.92 Å². The number of esters is 1. The third-order valence-electron chi connectivity index (χ3n) is 5.70. The van der Waals surface area contributed by atoms with Crippen molar-refractivity contribution in [3.8, 4) is 5.75 Å². The summed E-state index contributed by atoms with van der Waals surface area (Å²) in [6, 6.07) is 13.2. The van der Waals surface area contributed by atoms with Crippen LogP contribution < -0.4 is 21.0 Å². The average Bonchev–Trinajstić information content (AvgIpc) is 2.89. The molecule has 0 unspecified atom stereocenters. The predicted octanol–water partition coefficient (Wildman–Crippen LogP) is 2.95. The second-order valence-corrected chi connectivity index (χ2v) is 8.67. The lowest BCUT2D eigenvalue weighted by molar-refractivity contribution is -0.145. The van der Waals surface area contributed by atoms with Crippen LogP contribution in [0.5, 0.6) is 5.75 Å². The number of benzene rings is 2. The highest BCUT2D eigenvalue weighted by atomic mass is 16.5. The molecule has 2 atom stereocenters. The maximum Gasteiger partial charge on any atom is 0.408 e. The van der Waals surface area contributed by atoms with Crippen LogP contribution >= 0.6 is 0 Å². The molecule has 10 heteroatoms. The van der Waals surface area contributed by atoms with Crippen LogP contribution in [0, 0.1) is 5.92 Å². The second kappa shape index (κ2) is 12.6. The number of amides is 2. The first kappa shape index (κ1) is 27.3. The highest BCUT2D eigenvalue weighted by Crippen LogP contribution is 2.23. The molecule has 10 nitrogen and oxygen atoms in total. The standard InChI is InChI=1S/C27H30N2O8/c1-16(2)24(29-27(33)36-15-17-8-6-5-7-9-17)25(31)28-21(26(32)35-4)12-18-13-23(30)37-22-14-19(34-3)10-11-20(18)22/h5-11,13-14,16,21,24H,12,15H2,1-4H3,(H,28,31)(H,29,33)/t21-,24+/m1/s1. The van der Waals surface area contributed by atoms with E-state index in [9.17, 15) is 19.2 Å². The van der Waals surface area contributed by atoms with Gasteiger partial charge in [0.15, 0.2) is 0 Å². The first-order valence-corrected chi connectivity index (χ1v) is 11.7. The van der Waals surface area contributed by atoms with E-state index in [4.69, 9.17) is 18.6 Å². The molecule has 0 aliphatic carbocycles. The smallest absolute Gasteiger partial charge is 0.408 e. The Labute approximate surface area is 213 Å². The molecular formula is C27H30N2O8. The lowest BCUT2D eigenvalue weighted by atomic mass is 10.00. The maximum atomic E-state index is 13.1. The zero-order valence-corrected chi connectivity index (χ0v) is 21.1. The summed E-state index contributed by atoms with van der Waals surface area (Å²) in [5, 5.41) is 5.78. The molecule has 196 valence electrons. The summed E-state index contributed by atoms with van der Waals surface area (Å²) in [7, 11) is 2.69. The molecule has 3 rings (SSSR count). The van der Waals surface area contributed by atoms with Gasteiger partial charge in [-0.25, -0.2) is 14.4 Å². The summed E-state index contributed by atoms with van der Waals surface area (Å²) < 4.78 is 20.6. The Morgan fingerprint density at radius 1 is 0.973 bits per heavy atom. The summed E-state index contributed by atoms with van der Waals surface area (Å²) in [5.74, 6) is -1.14. The van der Waals surface area contributed by atoms with Crippen molar-refractivity contribution in [2.45, 2.75) is 39.0 Å². The number of carbonyl (C=O) groups is 3. The molecule has 0 bridgehead atoms. The van der Waals surface area contributed by atoms with E-state index in [1.807, 2.05) is 30.3 Å². The number of ether oxygens (including phenoxy) is 3. The van der Waals surface area contributed by atoms with Crippen LogP contribution in [-0.4, -0.2) is 44.3 Å². The SMILES string of the molecule is COC(=O)[C@@H](Cc1cc(=O)oc2cc(OC)ccc12)NC(=O)[C@@H](NC(=O)OCc1ccccc1)C(C)C. The fourth-order valence-corrected chi connectivity index (χ4v) is 3.75. The minimum Gasteiger partial charge on any atom is -0.497 e. The minimum atomic E-state index is -1.13. The molecule has 1 heterocycles. The molecule has 3 aromatic rings. The van der Waals surface area contributed by atoms with Gasteiger partial charge in [-0.15, -0.1) is 0 Å². The van der Waals surface area contributed by atoms with E-state index in [-0.39, 0.29) is 24.5 Å². The van der Waals surface area contributed by atoms with Gasteiger partial charge in [-0.2, -0.15) is 0 Å². The van der Waals surface area contributed by atoms with Gasteiger partial charge in [0.1, 0.15) is 30.0 Å². The first-order valence-electron chi connectivity index (χ1n) is 11.7. The number of methoxy groups -OCH3 is 2. The second-order valence-electron chi connectivity index (χ2n) is 8.67. The number of hydrogen-bond donors (Lipinski definition) is 2. The Bertz CT molecular complexity index is 1300. The Morgan fingerprint density at radius 2 is 1.70 bits per heavy atom. The molecule has 0 spiro atoms. The van der Waals surface area contributed by atoms with E-state index in [0.29, 0.717) is 16.7 Å². The van der Waals surface area contributed by atoms with E-state index in [1.54, 1.807) is 32.0 Å². The third-order valence-corrected chi connectivity index (χ3v) is 5.70. The summed E-state index contributed by atoms with van der Waals surface area (Å²) >= 11 is 0. The summed E-state index contributed by atoms with van der Waals surface area (Å²) in [6.45, 7) is 3.54. The lowest BCUT2D eigenvalue weighted by Gasteiger charge is -2.24. The van der Waals surface area contributed by atoms with Crippen molar-refractivity contribution in [1.82, 2.24) is 10.6 Å². The van der Waals surface area contributed by atoms with Crippen LogP contribution in [0.1, 0.15) is 25.0 Å². The molecule has 0 aliphatic rings. The Morgan fingerprint density at radius 3 is 2.35 bits per heavy atom. The highest BCUT2D eigenvalue weighted by Gasteiger charge is 2.30. The van der Waals surface area contributed by atoms with Gasteiger partial charge in [-0.1, -0.05) is 44.2 Å². The van der Waals surface area contributed by atoms with Crippen molar-refractivity contribution in [1.29, 1.82) is 0 Å². The minimum absolute atomic E-state index is 0.0400. The van der Waals surface area contributed by atoms with E-state index in [0.717, 1.165) is 5.56 Å². The molecule has 1 aromatic heterocycles. The van der Waals surface area contributed by atoms with Crippen LogP contribution in [0.25, 0.3) is 11.0 Å². The molecule has 0 fully saturated rings. The Hall–Kier alpha value is -4.34. The van der Waals surface area contributed by atoms with Gasteiger partial charge in [-0.3, -0.25) is 4.79 Å². The monoisotopic (exact) mass is 510 g/mol. The molecular weight excluding hydrogens is 480 g/mol. The van der Waals surface area contributed by atoms with E-state index < -0.39 is 35.7 Å². The molecule has 2 aromatic carbocycles. The quantitative estimate of drug-likeness (QED) is 0.314. The van der Waals surface area contributed by atoms with Gasteiger partial charge in [0, 0.05) is 23.9 Å². The van der Waals surface area contributed by atoms with Gasteiger partial charge >= 0.3 is 17.7 Å². The largest absolute Gasteiger partial charge is 0.497 e. The topological polar surface area (TPSA) is 133 Å². The van der Waals surface area contributed by atoms with Gasteiger partial charge in [0.25, 0.3) is 0 Å². The molecule has 37 heavy (non-hydrogen) atoms. The average molecular weight is 511 g/mol. The zero-order valence-electron chi connectivity index (χ0n) is 21.1. The van der Waals surface area contributed by atoms with Crippen molar-refractivity contribution < 1.29 is 33.0 Å². The number of carbonyl (C=O) groups excluding carboxylic acids is 3. The number of nitrogens with one attached hydrogen (secondary N) is 2. The normalized spacial score (nSPS) is 12.5. The number of hydrogen-bond acceptors (Lipinski definition) is 8. The van der Waals surface area contributed by atoms with Crippen molar-refractivity contribution in [2.75, 3.05) is 14.2 Å². The van der Waals surface area contributed by atoms with Crippen molar-refractivity contribution in [3.05, 3.63) is 76.1 Å². The van der Waals surface area contributed by atoms with E-state index in [1.165, 1.54) is 20.3 Å². The van der Waals surface area contributed by atoms with Crippen molar-refractivity contribution in [3.63, 3.8) is 0 Å². The van der Waals surface area contributed by atoms with Crippen molar-refractivity contribution >= 4 is 28.9 Å². The van der Waals surface area contributed by atoms with Crippen LogP contribution in [0.2, 0.25) is 0 Å². The summed E-state index contributed by atoms with van der Waals surface area (Å²) in [6.07, 6.45) is -0.816. The molecule has 2 amide bonds. The van der Waals surface area contributed by atoms with Gasteiger partial charge in [0.05, 0.1) is 14.2 Å². The zero-order chi connectivity index (χ0) is 26.9.